The first-order chi connectivity index (χ1) is 7.41. The fourth-order valence-corrected chi connectivity index (χ4v) is 1.08. The van der Waals surface area contributed by atoms with E-state index in [2.05, 4.69) is 33.0 Å². The van der Waals surface area contributed by atoms with E-state index < -0.39 is 0 Å². The summed E-state index contributed by atoms with van der Waals surface area (Å²) in [6.07, 6.45) is 3.40. The van der Waals surface area contributed by atoms with Gasteiger partial charge in [0.2, 0.25) is 0 Å². The van der Waals surface area contributed by atoms with Gasteiger partial charge in [-0.1, -0.05) is 27.7 Å². The van der Waals surface area contributed by atoms with Crippen LogP contribution < -0.4 is 5.32 Å². The van der Waals surface area contributed by atoms with Crippen molar-refractivity contribution in [3.8, 4) is 0 Å². The Morgan fingerprint density at radius 3 is 2.19 bits per heavy atom. The molecule has 0 aliphatic rings. The third kappa shape index (κ3) is 16.0. The Labute approximate surface area is 101 Å². The van der Waals surface area contributed by atoms with Crippen LogP contribution in [-0.4, -0.2) is 32.6 Å². The van der Waals surface area contributed by atoms with Gasteiger partial charge in [-0.15, -0.1) is 0 Å². The van der Waals surface area contributed by atoms with Crippen LogP contribution in [0.25, 0.3) is 0 Å². The zero-order chi connectivity index (χ0) is 13.0. The molecule has 16 heavy (non-hydrogen) atoms. The molecule has 3 nitrogen and oxygen atoms in total. The minimum absolute atomic E-state index is 0.285. The highest BCUT2D eigenvalue weighted by molar-refractivity contribution is 5.44. The first kappa shape index (κ1) is 18.0. The molecule has 0 bridgehead atoms. The van der Waals surface area contributed by atoms with Crippen LogP contribution >= 0.6 is 0 Å². The van der Waals surface area contributed by atoms with E-state index in [9.17, 15) is 0 Å². The molecule has 0 heterocycles. The molecule has 0 amide bonds. The first-order valence-corrected chi connectivity index (χ1v) is 6.07. The summed E-state index contributed by atoms with van der Waals surface area (Å²) >= 11 is 0. The number of carbonyl (C=O) groups excluding carboxylic acids is 1. The van der Waals surface area contributed by atoms with Crippen molar-refractivity contribution in [2.45, 2.75) is 53.6 Å². The molecule has 0 aromatic carbocycles. The average Bonchev–Trinajstić information content (AvgIpc) is 2.18. The molecule has 0 aliphatic carbocycles. The van der Waals surface area contributed by atoms with E-state index in [1.807, 2.05) is 7.05 Å². The van der Waals surface area contributed by atoms with Gasteiger partial charge in [0.25, 0.3) is 0 Å². The fraction of sp³-hybridized carbons (Fsp3) is 0.923. The second-order valence-electron chi connectivity index (χ2n) is 5.03. The SMILES string of the molecule is CC=O.CCC(CCNC)OCC(C)(C)C. The van der Waals surface area contributed by atoms with Gasteiger partial charge in [0, 0.05) is 0 Å². The third-order valence-electron chi connectivity index (χ3n) is 1.92. The smallest absolute Gasteiger partial charge is 0.116 e. The van der Waals surface area contributed by atoms with E-state index in [1.54, 1.807) is 0 Å². The maximum absolute atomic E-state index is 8.81. The van der Waals surface area contributed by atoms with Crippen molar-refractivity contribution in [2.24, 2.45) is 5.41 Å². The van der Waals surface area contributed by atoms with Gasteiger partial charge in [-0.05, 0) is 38.8 Å². The summed E-state index contributed by atoms with van der Waals surface area (Å²) in [6, 6.07) is 0. The highest BCUT2D eigenvalue weighted by Crippen LogP contribution is 2.15. The molecular formula is C13H29NO2. The van der Waals surface area contributed by atoms with Crippen molar-refractivity contribution < 1.29 is 9.53 Å². The molecule has 1 unspecified atom stereocenters. The Morgan fingerprint density at radius 1 is 1.38 bits per heavy atom. The topological polar surface area (TPSA) is 38.3 Å². The first-order valence-electron chi connectivity index (χ1n) is 6.07. The van der Waals surface area contributed by atoms with E-state index in [4.69, 9.17) is 9.53 Å². The molecule has 1 N–H and O–H groups in total. The maximum Gasteiger partial charge on any atom is 0.116 e. The zero-order valence-electron chi connectivity index (χ0n) is 11.8. The van der Waals surface area contributed by atoms with Crippen LogP contribution in [0.15, 0.2) is 0 Å². The molecule has 3 heteroatoms. The summed E-state index contributed by atoms with van der Waals surface area (Å²) < 4.78 is 5.82. The van der Waals surface area contributed by atoms with Crippen molar-refractivity contribution in [1.29, 1.82) is 0 Å². The van der Waals surface area contributed by atoms with Gasteiger partial charge in [-0.3, -0.25) is 0 Å². The number of carbonyl (C=O) groups is 1. The Morgan fingerprint density at radius 2 is 1.88 bits per heavy atom. The summed E-state index contributed by atoms with van der Waals surface area (Å²) in [4.78, 5) is 8.81. The molecule has 0 radical (unpaired) electrons. The summed E-state index contributed by atoms with van der Waals surface area (Å²) in [5.74, 6) is 0. The molecule has 0 aromatic rings. The lowest BCUT2D eigenvalue weighted by Gasteiger charge is -2.23. The molecule has 0 aliphatic heterocycles. The number of ether oxygens (including phenoxy) is 1. The maximum atomic E-state index is 8.81. The molecule has 0 spiro atoms. The largest absolute Gasteiger partial charge is 0.378 e. The number of nitrogens with one attached hydrogen (secondary N) is 1. The lowest BCUT2D eigenvalue weighted by Crippen LogP contribution is -2.24. The molecule has 98 valence electrons. The minimum atomic E-state index is 0.285. The van der Waals surface area contributed by atoms with Crippen molar-refractivity contribution in [1.82, 2.24) is 5.32 Å². The minimum Gasteiger partial charge on any atom is -0.378 e. The van der Waals surface area contributed by atoms with Crippen LogP contribution in [0.3, 0.4) is 0 Å². The second kappa shape index (κ2) is 11.1. The summed E-state index contributed by atoms with van der Waals surface area (Å²) in [5.41, 5.74) is 0.285. The van der Waals surface area contributed by atoms with Crippen molar-refractivity contribution >= 4 is 6.29 Å². The van der Waals surface area contributed by atoms with Crippen LogP contribution in [0.4, 0.5) is 0 Å². The predicted molar refractivity (Wildman–Crippen MR) is 69.8 cm³/mol. The van der Waals surface area contributed by atoms with E-state index >= 15 is 0 Å². The van der Waals surface area contributed by atoms with Gasteiger partial charge >= 0.3 is 0 Å². The monoisotopic (exact) mass is 231 g/mol. The quantitative estimate of drug-likeness (QED) is 0.714. The van der Waals surface area contributed by atoms with E-state index in [0.29, 0.717) is 6.10 Å². The second-order valence-corrected chi connectivity index (χ2v) is 5.03. The predicted octanol–water partition coefficient (Wildman–Crippen LogP) is 2.64. The number of rotatable bonds is 6. The van der Waals surface area contributed by atoms with Crippen molar-refractivity contribution in [3.63, 3.8) is 0 Å². The average molecular weight is 231 g/mol. The van der Waals surface area contributed by atoms with Crippen molar-refractivity contribution in [3.05, 3.63) is 0 Å². The molecule has 0 saturated heterocycles. The number of hydrogen-bond acceptors (Lipinski definition) is 3. The van der Waals surface area contributed by atoms with Crippen LogP contribution in [0.2, 0.25) is 0 Å². The standard InChI is InChI=1S/C11H25NO.C2H4O/c1-6-10(7-8-12-5)13-9-11(2,3)4;1-2-3/h10,12H,6-9H2,1-5H3;2H,1H3. The molecular weight excluding hydrogens is 202 g/mol. The molecule has 0 rings (SSSR count). The van der Waals surface area contributed by atoms with Crippen LogP contribution in [-0.2, 0) is 9.53 Å². The lowest BCUT2D eigenvalue weighted by atomic mass is 9.98. The highest BCUT2D eigenvalue weighted by atomic mass is 16.5. The van der Waals surface area contributed by atoms with Gasteiger partial charge in [0.1, 0.15) is 6.29 Å². The fourth-order valence-electron chi connectivity index (χ4n) is 1.08. The van der Waals surface area contributed by atoms with Gasteiger partial charge in [0.15, 0.2) is 0 Å². The van der Waals surface area contributed by atoms with Gasteiger partial charge in [-0.25, -0.2) is 0 Å². The molecule has 0 aromatic heterocycles. The van der Waals surface area contributed by atoms with E-state index in [-0.39, 0.29) is 5.41 Å². The third-order valence-corrected chi connectivity index (χ3v) is 1.92. The number of aldehydes is 1. The Hall–Kier alpha value is -0.410. The lowest BCUT2D eigenvalue weighted by molar-refractivity contribution is -0.106. The Bertz CT molecular complexity index is 153. The Balaban J connectivity index is 0. The van der Waals surface area contributed by atoms with Crippen molar-refractivity contribution in [2.75, 3.05) is 20.2 Å². The molecule has 0 fully saturated rings. The van der Waals surface area contributed by atoms with Gasteiger partial charge in [0.05, 0.1) is 12.7 Å². The van der Waals surface area contributed by atoms with Crippen LogP contribution in [0.5, 0.6) is 0 Å². The molecule has 1 atom stereocenters. The van der Waals surface area contributed by atoms with E-state index in [1.165, 1.54) is 6.92 Å². The normalized spacial score (nSPS) is 12.6. The summed E-state index contributed by atoms with van der Waals surface area (Å²) in [5, 5.41) is 3.15. The zero-order valence-corrected chi connectivity index (χ0v) is 11.8. The Kier molecular flexibility index (Phi) is 12.5. The molecule has 0 saturated carbocycles. The van der Waals surface area contributed by atoms with Crippen LogP contribution in [0.1, 0.15) is 47.5 Å². The van der Waals surface area contributed by atoms with Gasteiger partial charge < -0.3 is 14.8 Å². The van der Waals surface area contributed by atoms with E-state index in [0.717, 1.165) is 32.3 Å². The van der Waals surface area contributed by atoms with Gasteiger partial charge in [-0.2, -0.15) is 0 Å². The summed E-state index contributed by atoms with van der Waals surface area (Å²) in [6.45, 7) is 12.1. The number of hydrogen-bond donors (Lipinski definition) is 1. The summed E-state index contributed by atoms with van der Waals surface area (Å²) in [7, 11) is 1.98. The highest BCUT2D eigenvalue weighted by Gasteiger charge is 2.13. The van der Waals surface area contributed by atoms with Crippen LogP contribution in [0, 0.1) is 5.41 Å².